The number of fused-ring (bicyclic) bond motifs is 1. The fraction of sp³-hybridized carbons (Fsp3) is 0.486. The van der Waals surface area contributed by atoms with Gasteiger partial charge in [0.1, 0.15) is 5.75 Å². The minimum absolute atomic E-state index is 0.0766. The van der Waals surface area contributed by atoms with Crippen LogP contribution < -0.4 is 9.46 Å². The number of pyridine rings is 1. The van der Waals surface area contributed by atoms with Gasteiger partial charge in [0, 0.05) is 50.2 Å². The van der Waals surface area contributed by atoms with Gasteiger partial charge in [0.05, 0.1) is 35.3 Å². The van der Waals surface area contributed by atoms with Crippen LogP contribution in [0.3, 0.4) is 0 Å². The van der Waals surface area contributed by atoms with Crippen LogP contribution in [0, 0.1) is 12.8 Å². The van der Waals surface area contributed by atoms with Crippen molar-refractivity contribution in [3.8, 4) is 5.75 Å². The third-order valence-electron chi connectivity index (χ3n) is 8.33. The number of hydrogen-bond donors (Lipinski definition) is 2. The summed E-state index contributed by atoms with van der Waals surface area (Å²) in [7, 11) is -1.85. The number of aliphatic hydroxyl groups excluding tert-OH is 1. The van der Waals surface area contributed by atoms with Crippen LogP contribution in [0.4, 0.5) is 5.69 Å². The van der Waals surface area contributed by atoms with Gasteiger partial charge in [-0.15, -0.1) is 0 Å². The van der Waals surface area contributed by atoms with Crippen LogP contribution in [0.1, 0.15) is 61.5 Å². The minimum Gasteiger partial charge on any atom is -0.490 e. The highest BCUT2D eigenvalue weighted by atomic mass is 32.2. The van der Waals surface area contributed by atoms with Crippen molar-refractivity contribution >= 4 is 21.6 Å². The molecule has 0 radical (unpaired) electrons. The van der Waals surface area contributed by atoms with Crippen molar-refractivity contribution in [2.45, 2.75) is 76.6 Å². The Hall–Kier alpha value is -3.51. The van der Waals surface area contributed by atoms with E-state index in [-0.39, 0.29) is 46.8 Å². The van der Waals surface area contributed by atoms with E-state index in [1.54, 1.807) is 60.6 Å². The SMILES string of the molecule is Cc1ccc(S(=O)(=O)Nc2ccc3c(c2)C(=O)N([C@@H](C)CO)C[C@H](C)[C@H](CN(C)Cc2ccncc2)OCCCC[C@@H](C)O3)cc1. The molecule has 3 aromatic rings. The molecule has 0 saturated carbocycles. The smallest absolute Gasteiger partial charge is 0.261 e. The molecule has 250 valence electrons. The minimum atomic E-state index is -3.90. The predicted molar refractivity (Wildman–Crippen MR) is 179 cm³/mol. The number of carbonyl (C=O) groups excluding carboxylic acids is 1. The number of rotatable bonds is 9. The zero-order valence-corrected chi connectivity index (χ0v) is 28.4. The first-order valence-corrected chi connectivity index (χ1v) is 17.5. The normalized spacial score (nSPS) is 20.8. The monoisotopic (exact) mass is 652 g/mol. The van der Waals surface area contributed by atoms with E-state index in [0.717, 1.165) is 36.9 Å². The van der Waals surface area contributed by atoms with Gasteiger partial charge in [-0.05, 0) is 95.1 Å². The molecule has 0 bridgehead atoms. The van der Waals surface area contributed by atoms with Gasteiger partial charge in [-0.3, -0.25) is 19.4 Å². The predicted octanol–water partition coefficient (Wildman–Crippen LogP) is 5.12. The number of amides is 1. The van der Waals surface area contributed by atoms with Gasteiger partial charge < -0.3 is 19.5 Å². The van der Waals surface area contributed by atoms with Gasteiger partial charge in [-0.25, -0.2) is 8.42 Å². The molecule has 4 rings (SSSR count). The van der Waals surface area contributed by atoms with E-state index in [1.165, 1.54) is 6.07 Å². The molecule has 2 heterocycles. The first kappa shape index (κ1) is 35.3. The fourth-order valence-corrected chi connectivity index (χ4v) is 6.60. The zero-order valence-electron chi connectivity index (χ0n) is 27.6. The number of aliphatic hydroxyl groups is 1. The van der Waals surface area contributed by atoms with Crippen molar-refractivity contribution in [1.82, 2.24) is 14.8 Å². The lowest BCUT2D eigenvalue weighted by molar-refractivity contribution is -0.0177. The Kier molecular flexibility index (Phi) is 12.6. The number of likely N-dealkylation sites (N-methyl/N-ethyl adjacent to an activating group) is 1. The number of aromatic nitrogens is 1. The maximum atomic E-state index is 14.4. The van der Waals surface area contributed by atoms with E-state index in [4.69, 9.17) is 9.47 Å². The Balaban J connectivity index is 1.64. The molecule has 1 aromatic heterocycles. The second-order valence-electron chi connectivity index (χ2n) is 12.5. The number of ether oxygens (including phenoxy) is 2. The standard InChI is InChI=1S/C35H48N4O6S/c1-25-9-12-31(13-10-25)46(42,43)37-30-11-14-33-32(20-30)35(41)39(27(3)24-40)21-26(2)34(44-19-7-6-8-28(4)45-33)23-38(5)22-29-15-17-36-18-16-29/h9-18,20,26-28,34,37,40H,6-8,19,21-24H2,1-5H3/t26-,27-,28+,34-/m0/s1. The molecule has 46 heavy (non-hydrogen) atoms. The Labute approximate surface area is 273 Å². The van der Waals surface area contributed by atoms with Gasteiger partial charge in [0.2, 0.25) is 0 Å². The van der Waals surface area contributed by atoms with Gasteiger partial charge in [0.25, 0.3) is 15.9 Å². The number of nitrogens with one attached hydrogen (secondary N) is 1. The van der Waals surface area contributed by atoms with Gasteiger partial charge in [0.15, 0.2) is 0 Å². The molecule has 10 nitrogen and oxygen atoms in total. The summed E-state index contributed by atoms with van der Waals surface area (Å²) in [6.45, 7) is 9.77. The summed E-state index contributed by atoms with van der Waals surface area (Å²) in [5.41, 5.74) is 2.57. The number of nitrogens with zero attached hydrogens (tertiary/aromatic N) is 3. The second kappa shape index (κ2) is 16.4. The number of sulfonamides is 1. The molecule has 2 N–H and O–H groups in total. The lowest BCUT2D eigenvalue weighted by atomic mass is 10.0. The molecule has 1 aliphatic rings. The fourth-order valence-electron chi connectivity index (χ4n) is 5.55. The molecule has 11 heteroatoms. The van der Waals surface area contributed by atoms with Crippen LogP contribution in [0.5, 0.6) is 5.75 Å². The van der Waals surface area contributed by atoms with E-state index in [1.807, 2.05) is 26.0 Å². The van der Waals surface area contributed by atoms with Crippen LogP contribution in [-0.4, -0.2) is 85.8 Å². The van der Waals surface area contributed by atoms with Crippen LogP contribution in [0.15, 0.2) is 71.9 Å². The Bertz CT molecular complexity index is 1520. The summed E-state index contributed by atoms with van der Waals surface area (Å²) in [5.74, 6) is -0.0549. The summed E-state index contributed by atoms with van der Waals surface area (Å²) >= 11 is 0. The van der Waals surface area contributed by atoms with Gasteiger partial charge in [-0.2, -0.15) is 0 Å². The van der Waals surface area contributed by atoms with E-state index in [0.29, 0.717) is 25.4 Å². The Morgan fingerprint density at radius 1 is 1.09 bits per heavy atom. The molecule has 0 spiro atoms. The first-order valence-electron chi connectivity index (χ1n) is 16.0. The Morgan fingerprint density at radius 2 is 1.80 bits per heavy atom. The highest BCUT2D eigenvalue weighted by Crippen LogP contribution is 2.29. The zero-order chi connectivity index (χ0) is 33.3. The number of aryl methyl sites for hydroxylation is 1. The van der Waals surface area contributed by atoms with E-state index in [9.17, 15) is 18.3 Å². The summed E-state index contributed by atoms with van der Waals surface area (Å²) in [6.07, 6.45) is 5.73. The van der Waals surface area contributed by atoms with E-state index in [2.05, 4.69) is 28.6 Å². The molecule has 1 aliphatic heterocycles. The average molecular weight is 653 g/mol. The number of carbonyl (C=O) groups is 1. The molecular weight excluding hydrogens is 604 g/mol. The van der Waals surface area contributed by atoms with Crippen molar-refractivity contribution in [2.24, 2.45) is 5.92 Å². The van der Waals surface area contributed by atoms with Crippen LogP contribution in [0.25, 0.3) is 0 Å². The quantitative estimate of drug-likeness (QED) is 0.327. The van der Waals surface area contributed by atoms with Crippen molar-refractivity contribution in [3.63, 3.8) is 0 Å². The molecule has 4 atom stereocenters. The average Bonchev–Trinajstić information content (AvgIpc) is 3.03. The highest BCUT2D eigenvalue weighted by Gasteiger charge is 2.30. The summed E-state index contributed by atoms with van der Waals surface area (Å²) in [4.78, 5) is 22.4. The maximum absolute atomic E-state index is 14.4. The number of benzene rings is 2. The topological polar surface area (TPSA) is 121 Å². The van der Waals surface area contributed by atoms with Gasteiger partial charge >= 0.3 is 0 Å². The molecule has 0 saturated heterocycles. The number of hydrogen-bond acceptors (Lipinski definition) is 8. The van der Waals surface area contributed by atoms with Crippen molar-refractivity contribution in [3.05, 3.63) is 83.7 Å². The van der Waals surface area contributed by atoms with Crippen molar-refractivity contribution in [2.75, 3.05) is 38.1 Å². The third kappa shape index (κ3) is 9.75. The summed E-state index contributed by atoms with van der Waals surface area (Å²) in [6, 6.07) is 14.8. The van der Waals surface area contributed by atoms with E-state index >= 15 is 0 Å². The lowest BCUT2D eigenvalue weighted by Gasteiger charge is -2.36. The second-order valence-corrected chi connectivity index (χ2v) is 14.2. The lowest BCUT2D eigenvalue weighted by Crippen LogP contribution is -2.47. The van der Waals surface area contributed by atoms with Crippen LogP contribution in [0.2, 0.25) is 0 Å². The van der Waals surface area contributed by atoms with Crippen molar-refractivity contribution < 1.29 is 27.8 Å². The summed E-state index contributed by atoms with van der Waals surface area (Å²) < 4.78 is 41.8. The van der Waals surface area contributed by atoms with Gasteiger partial charge in [-0.1, -0.05) is 24.6 Å². The maximum Gasteiger partial charge on any atom is 0.261 e. The Morgan fingerprint density at radius 3 is 2.50 bits per heavy atom. The molecular formula is C35H48N4O6S. The van der Waals surface area contributed by atoms with E-state index < -0.39 is 16.1 Å². The van der Waals surface area contributed by atoms with Crippen LogP contribution >= 0.6 is 0 Å². The third-order valence-corrected chi connectivity index (χ3v) is 9.73. The molecule has 0 aliphatic carbocycles. The highest BCUT2D eigenvalue weighted by molar-refractivity contribution is 7.92. The summed E-state index contributed by atoms with van der Waals surface area (Å²) in [5, 5.41) is 10.2. The van der Waals surface area contributed by atoms with Crippen LogP contribution in [-0.2, 0) is 21.3 Å². The largest absolute Gasteiger partial charge is 0.490 e. The number of anilines is 1. The molecule has 0 unspecified atom stereocenters. The van der Waals surface area contributed by atoms with Crippen molar-refractivity contribution in [1.29, 1.82) is 0 Å². The first-order chi connectivity index (χ1) is 22.0. The molecule has 2 aromatic carbocycles. The molecule has 1 amide bonds. The molecule has 0 fully saturated rings.